The van der Waals surface area contributed by atoms with E-state index in [0.717, 1.165) is 28.9 Å². The molecule has 4 rings (SSSR count). The SMILES string of the molecule is CC1CC[NH+](CCCNC(=O)CN2C(=O)C(=Cc3cccc(Br)c3)Oc3ccccc32)CC1. The highest BCUT2D eigenvalue weighted by atomic mass is 79.9. The molecule has 1 fully saturated rings. The third kappa shape index (κ3) is 6.24. The molecule has 2 aromatic rings. The summed E-state index contributed by atoms with van der Waals surface area (Å²) in [5.74, 6) is 1.11. The van der Waals surface area contributed by atoms with Crippen molar-refractivity contribution in [3.8, 4) is 5.75 Å². The molecule has 7 heteroatoms. The molecule has 2 aliphatic heterocycles. The summed E-state index contributed by atoms with van der Waals surface area (Å²) in [6, 6.07) is 14.9. The van der Waals surface area contributed by atoms with Crippen LogP contribution in [0.2, 0.25) is 0 Å². The lowest BCUT2D eigenvalue weighted by Gasteiger charge is -2.30. The second-order valence-electron chi connectivity index (χ2n) is 8.91. The molecule has 0 radical (unpaired) electrons. The van der Waals surface area contributed by atoms with Crippen LogP contribution in [-0.4, -0.2) is 44.5 Å². The second kappa shape index (κ2) is 11.0. The Morgan fingerprint density at radius 1 is 1.21 bits per heavy atom. The average Bonchev–Trinajstić information content (AvgIpc) is 2.81. The second-order valence-corrected chi connectivity index (χ2v) is 9.83. The van der Waals surface area contributed by atoms with Crippen molar-refractivity contribution in [1.29, 1.82) is 0 Å². The fourth-order valence-corrected chi connectivity index (χ4v) is 4.77. The smallest absolute Gasteiger partial charge is 0.294 e. The molecule has 0 saturated carbocycles. The summed E-state index contributed by atoms with van der Waals surface area (Å²) < 4.78 is 6.81. The van der Waals surface area contributed by atoms with Crippen molar-refractivity contribution in [2.45, 2.75) is 26.2 Å². The minimum atomic E-state index is -0.323. The zero-order chi connectivity index (χ0) is 23.2. The summed E-state index contributed by atoms with van der Waals surface area (Å²) in [5, 5.41) is 2.99. The number of nitrogens with one attached hydrogen (secondary N) is 2. The number of halogens is 1. The van der Waals surface area contributed by atoms with Crippen LogP contribution in [0.25, 0.3) is 6.08 Å². The maximum Gasteiger partial charge on any atom is 0.294 e. The summed E-state index contributed by atoms with van der Waals surface area (Å²) >= 11 is 3.45. The van der Waals surface area contributed by atoms with Gasteiger partial charge in [-0.3, -0.25) is 14.5 Å². The van der Waals surface area contributed by atoms with Gasteiger partial charge in [0, 0.05) is 17.4 Å². The molecular formula is C26H31BrN3O3+. The molecule has 0 aliphatic carbocycles. The number of benzene rings is 2. The van der Waals surface area contributed by atoms with E-state index in [1.54, 1.807) is 17.0 Å². The highest BCUT2D eigenvalue weighted by molar-refractivity contribution is 9.10. The van der Waals surface area contributed by atoms with Gasteiger partial charge in [-0.1, -0.05) is 47.1 Å². The zero-order valence-electron chi connectivity index (χ0n) is 19.0. The van der Waals surface area contributed by atoms with Gasteiger partial charge in [0.05, 0.1) is 25.3 Å². The van der Waals surface area contributed by atoms with E-state index in [1.165, 1.54) is 30.8 Å². The minimum Gasteiger partial charge on any atom is -0.449 e. The fraction of sp³-hybridized carbons (Fsp3) is 0.385. The lowest BCUT2D eigenvalue weighted by Crippen LogP contribution is -3.13. The number of amides is 2. The predicted octanol–water partition coefficient (Wildman–Crippen LogP) is 3.04. The Hall–Kier alpha value is -2.64. The molecule has 1 saturated heterocycles. The normalized spacial score (nSPS) is 21.5. The lowest BCUT2D eigenvalue weighted by molar-refractivity contribution is -0.906. The number of anilines is 1. The molecular weight excluding hydrogens is 482 g/mol. The Kier molecular flexibility index (Phi) is 7.83. The Labute approximate surface area is 203 Å². The molecule has 0 bridgehead atoms. The van der Waals surface area contributed by atoms with Gasteiger partial charge in [-0.2, -0.15) is 0 Å². The largest absolute Gasteiger partial charge is 0.449 e. The molecule has 2 aromatic carbocycles. The number of ether oxygens (including phenoxy) is 1. The van der Waals surface area contributed by atoms with E-state index >= 15 is 0 Å². The third-order valence-electron chi connectivity index (χ3n) is 6.29. The van der Waals surface area contributed by atoms with Crippen molar-refractivity contribution in [3.05, 3.63) is 64.3 Å². The van der Waals surface area contributed by atoms with E-state index in [4.69, 9.17) is 4.74 Å². The van der Waals surface area contributed by atoms with Gasteiger partial charge >= 0.3 is 0 Å². The molecule has 174 valence electrons. The Bertz CT molecular complexity index is 1030. The van der Waals surface area contributed by atoms with Crippen molar-refractivity contribution < 1.29 is 19.2 Å². The molecule has 0 unspecified atom stereocenters. The van der Waals surface area contributed by atoms with Crippen LogP contribution in [0, 0.1) is 5.92 Å². The van der Waals surface area contributed by atoms with Gasteiger partial charge in [0.15, 0.2) is 11.5 Å². The molecule has 2 aliphatic rings. The molecule has 2 heterocycles. The summed E-state index contributed by atoms with van der Waals surface area (Å²) in [7, 11) is 0. The van der Waals surface area contributed by atoms with E-state index in [2.05, 4.69) is 28.2 Å². The first-order chi connectivity index (χ1) is 16.0. The van der Waals surface area contributed by atoms with Crippen molar-refractivity contribution in [1.82, 2.24) is 5.32 Å². The summed E-state index contributed by atoms with van der Waals surface area (Å²) in [6.45, 7) is 6.43. The monoisotopic (exact) mass is 512 g/mol. The fourth-order valence-electron chi connectivity index (χ4n) is 4.35. The summed E-state index contributed by atoms with van der Waals surface area (Å²) in [5.41, 5.74) is 1.45. The van der Waals surface area contributed by atoms with Gasteiger partial charge in [0.2, 0.25) is 5.91 Å². The topological polar surface area (TPSA) is 63.1 Å². The Morgan fingerprint density at radius 3 is 2.79 bits per heavy atom. The molecule has 6 nitrogen and oxygen atoms in total. The quantitative estimate of drug-likeness (QED) is 0.442. The van der Waals surface area contributed by atoms with E-state index < -0.39 is 0 Å². The van der Waals surface area contributed by atoms with Gasteiger partial charge in [-0.25, -0.2) is 0 Å². The van der Waals surface area contributed by atoms with E-state index in [0.29, 0.717) is 18.0 Å². The van der Waals surface area contributed by atoms with Crippen LogP contribution in [0.15, 0.2) is 58.8 Å². The molecule has 2 N–H and O–H groups in total. The number of carbonyl (C=O) groups is 2. The van der Waals surface area contributed by atoms with Crippen LogP contribution in [0.4, 0.5) is 5.69 Å². The van der Waals surface area contributed by atoms with Crippen LogP contribution in [-0.2, 0) is 9.59 Å². The number of fused-ring (bicyclic) bond motifs is 1. The first-order valence-corrected chi connectivity index (χ1v) is 12.4. The molecule has 0 spiro atoms. The predicted molar refractivity (Wildman–Crippen MR) is 133 cm³/mol. The summed E-state index contributed by atoms with van der Waals surface area (Å²) in [6.07, 6.45) is 5.22. The van der Waals surface area contributed by atoms with Crippen molar-refractivity contribution >= 4 is 39.5 Å². The maximum absolute atomic E-state index is 13.2. The average molecular weight is 513 g/mol. The van der Waals surface area contributed by atoms with Crippen LogP contribution in [0.5, 0.6) is 5.75 Å². The van der Waals surface area contributed by atoms with Gasteiger partial charge in [-0.05, 0) is 54.7 Å². The number of quaternary nitrogens is 1. The lowest BCUT2D eigenvalue weighted by atomic mass is 9.99. The van der Waals surface area contributed by atoms with Gasteiger partial charge < -0.3 is 15.0 Å². The van der Waals surface area contributed by atoms with Crippen molar-refractivity contribution in [3.63, 3.8) is 0 Å². The van der Waals surface area contributed by atoms with Gasteiger partial charge in [0.25, 0.3) is 5.91 Å². The number of likely N-dealkylation sites (tertiary alicyclic amines) is 1. The van der Waals surface area contributed by atoms with Crippen LogP contribution >= 0.6 is 15.9 Å². The van der Waals surface area contributed by atoms with Crippen LogP contribution < -0.4 is 19.9 Å². The van der Waals surface area contributed by atoms with E-state index in [9.17, 15) is 9.59 Å². The number of nitrogens with zero attached hydrogens (tertiary/aromatic N) is 1. The van der Waals surface area contributed by atoms with Gasteiger partial charge in [0.1, 0.15) is 6.54 Å². The number of hydrogen-bond donors (Lipinski definition) is 2. The number of para-hydroxylation sites is 2. The zero-order valence-corrected chi connectivity index (χ0v) is 20.6. The highest BCUT2D eigenvalue weighted by Gasteiger charge is 2.31. The number of rotatable bonds is 7. The number of hydrogen-bond acceptors (Lipinski definition) is 3. The van der Waals surface area contributed by atoms with Crippen molar-refractivity contribution in [2.24, 2.45) is 5.92 Å². The minimum absolute atomic E-state index is 0.0386. The first kappa shape index (κ1) is 23.5. The molecule has 0 aromatic heterocycles. The van der Waals surface area contributed by atoms with Crippen molar-refractivity contribution in [2.75, 3.05) is 37.6 Å². The van der Waals surface area contributed by atoms with E-state index in [1.807, 2.05) is 42.5 Å². The molecule has 33 heavy (non-hydrogen) atoms. The maximum atomic E-state index is 13.2. The van der Waals surface area contributed by atoms with Gasteiger partial charge in [-0.15, -0.1) is 0 Å². The number of piperidine rings is 1. The summed E-state index contributed by atoms with van der Waals surface area (Å²) in [4.78, 5) is 29.0. The van der Waals surface area contributed by atoms with Crippen LogP contribution in [0.3, 0.4) is 0 Å². The Morgan fingerprint density at radius 2 is 2.00 bits per heavy atom. The Balaban J connectivity index is 1.38. The molecule has 0 atom stereocenters. The van der Waals surface area contributed by atoms with Crippen LogP contribution in [0.1, 0.15) is 31.7 Å². The number of carbonyl (C=O) groups excluding carboxylic acids is 2. The van der Waals surface area contributed by atoms with E-state index in [-0.39, 0.29) is 24.1 Å². The highest BCUT2D eigenvalue weighted by Crippen LogP contribution is 2.35. The first-order valence-electron chi connectivity index (χ1n) is 11.7. The third-order valence-corrected chi connectivity index (χ3v) is 6.78. The standard InChI is InChI=1S/C26H30BrN3O3/c1-19-10-14-29(15-11-19)13-5-12-28-25(31)18-30-22-8-2-3-9-23(22)33-24(26(30)32)17-20-6-4-7-21(27)16-20/h2-4,6-9,16-17,19H,5,10-15,18H2,1H3,(H,28,31)/p+1. The molecule has 2 amide bonds.